The van der Waals surface area contributed by atoms with E-state index in [1.54, 1.807) is 0 Å². The van der Waals surface area contributed by atoms with Crippen molar-refractivity contribution in [2.24, 2.45) is 0 Å². The molecule has 0 heterocycles. The van der Waals surface area contributed by atoms with Gasteiger partial charge in [0, 0.05) is 6.07 Å². The van der Waals surface area contributed by atoms with Gasteiger partial charge >= 0.3 is 0 Å². The van der Waals surface area contributed by atoms with Crippen molar-refractivity contribution in [3.8, 4) is 11.5 Å². The fraction of sp³-hybridized carbons (Fsp3) is 0.143. The zero-order valence-electron chi connectivity index (χ0n) is 5.43. The Morgan fingerprint density at radius 1 is 1.50 bits per heavy atom. The largest absolute Gasteiger partial charge is 0.495 e. The Labute approximate surface area is 64.0 Å². The second-order valence-corrected chi connectivity index (χ2v) is 2.20. The minimum Gasteiger partial charge on any atom is -0.495 e. The van der Waals surface area contributed by atoms with Gasteiger partial charge in [0.1, 0.15) is 5.75 Å². The van der Waals surface area contributed by atoms with E-state index in [1.165, 1.54) is 25.3 Å². The maximum absolute atomic E-state index is 10.7. The lowest BCUT2D eigenvalue weighted by Gasteiger charge is -1.99. The smallest absolute Gasteiger partial charge is 0.182 e. The van der Waals surface area contributed by atoms with Crippen LogP contribution in [-0.4, -0.2) is 7.11 Å². The minimum atomic E-state index is -0.0961. The molecule has 0 aliphatic carbocycles. The Hall–Kier alpha value is -0.890. The first-order valence-electron chi connectivity index (χ1n) is 2.74. The van der Waals surface area contributed by atoms with Crippen LogP contribution < -0.4 is 4.74 Å². The highest BCUT2D eigenvalue weighted by molar-refractivity contribution is 6.32. The van der Waals surface area contributed by atoms with Crippen molar-refractivity contribution in [1.29, 1.82) is 0 Å². The third-order valence-electron chi connectivity index (χ3n) is 1.12. The molecule has 1 rings (SSSR count). The lowest BCUT2D eigenvalue weighted by Crippen LogP contribution is -1.81. The Balaban J connectivity index is 3.09. The van der Waals surface area contributed by atoms with Gasteiger partial charge in [0.05, 0.1) is 12.1 Å². The van der Waals surface area contributed by atoms with Gasteiger partial charge in [0.15, 0.2) is 5.75 Å². The van der Waals surface area contributed by atoms with Gasteiger partial charge in [0.2, 0.25) is 0 Å². The molecule has 0 spiro atoms. The van der Waals surface area contributed by atoms with Gasteiger partial charge < -0.3 is 4.74 Å². The molecule has 53 valence electrons. The predicted molar refractivity (Wildman–Crippen MR) is 38.1 cm³/mol. The summed E-state index contributed by atoms with van der Waals surface area (Å²) in [6.07, 6.45) is 0. The number of benzene rings is 1. The van der Waals surface area contributed by atoms with E-state index in [1.807, 2.05) is 0 Å². The summed E-state index contributed by atoms with van der Waals surface area (Å²) in [5, 5.41) is 11.1. The highest BCUT2D eigenvalue weighted by Gasteiger charge is 2.00. The number of methoxy groups -OCH3 is 1. The molecule has 1 aromatic carbocycles. The van der Waals surface area contributed by atoms with Gasteiger partial charge in [0.25, 0.3) is 0 Å². The van der Waals surface area contributed by atoms with Crippen LogP contribution in [0.3, 0.4) is 0 Å². The molecule has 0 saturated heterocycles. The van der Waals surface area contributed by atoms with Crippen molar-refractivity contribution < 1.29 is 9.84 Å². The molecule has 1 radical (unpaired) electrons. The minimum absolute atomic E-state index is 0.0961. The molecule has 0 N–H and O–H groups in total. The van der Waals surface area contributed by atoms with E-state index < -0.39 is 0 Å². The van der Waals surface area contributed by atoms with Crippen LogP contribution >= 0.6 is 11.6 Å². The topological polar surface area (TPSA) is 29.1 Å². The maximum Gasteiger partial charge on any atom is 0.182 e. The SMILES string of the molecule is COc1cc([O])ccc1Cl. The number of hydrogen-bond acceptors (Lipinski definition) is 1. The van der Waals surface area contributed by atoms with Gasteiger partial charge in [-0.1, -0.05) is 11.6 Å². The van der Waals surface area contributed by atoms with E-state index in [0.717, 1.165) is 0 Å². The van der Waals surface area contributed by atoms with Crippen LogP contribution in [0.4, 0.5) is 0 Å². The van der Waals surface area contributed by atoms with E-state index in [2.05, 4.69) is 0 Å². The quantitative estimate of drug-likeness (QED) is 0.616. The third-order valence-corrected chi connectivity index (χ3v) is 1.43. The van der Waals surface area contributed by atoms with Crippen molar-refractivity contribution in [3.05, 3.63) is 23.2 Å². The van der Waals surface area contributed by atoms with Crippen LogP contribution in [0.25, 0.3) is 0 Å². The van der Waals surface area contributed by atoms with Gasteiger partial charge in [-0.25, -0.2) is 0 Å². The van der Waals surface area contributed by atoms with Crippen LogP contribution in [0.15, 0.2) is 18.2 Å². The van der Waals surface area contributed by atoms with Crippen LogP contribution in [0.2, 0.25) is 5.02 Å². The van der Waals surface area contributed by atoms with Crippen LogP contribution in [0.1, 0.15) is 0 Å². The molecule has 0 unspecified atom stereocenters. The van der Waals surface area contributed by atoms with Crippen molar-refractivity contribution in [1.82, 2.24) is 0 Å². The zero-order chi connectivity index (χ0) is 7.56. The lowest BCUT2D eigenvalue weighted by atomic mass is 10.3. The second kappa shape index (κ2) is 2.80. The highest BCUT2D eigenvalue weighted by Crippen LogP contribution is 2.27. The zero-order valence-corrected chi connectivity index (χ0v) is 6.18. The summed E-state index contributed by atoms with van der Waals surface area (Å²) in [7, 11) is 1.47. The van der Waals surface area contributed by atoms with Crippen LogP contribution in [0, 0.1) is 0 Å². The first-order valence-corrected chi connectivity index (χ1v) is 3.12. The summed E-state index contributed by atoms with van der Waals surface area (Å²) in [6, 6.07) is 4.26. The number of hydrogen-bond donors (Lipinski definition) is 0. The van der Waals surface area contributed by atoms with E-state index in [4.69, 9.17) is 16.3 Å². The molecule has 2 nitrogen and oxygen atoms in total. The fourth-order valence-corrected chi connectivity index (χ4v) is 0.835. The molecular weight excluding hydrogens is 152 g/mol. The van der Waals surface area contributed by atoms with Crippen molar-refractivity contribution in [3.63, 3.8) is 0 Å². The average Bonchev–Trinajstić information content (AvgIpc) is 1.94. The summed E-state index contributed by atoms with van der Waals surface area (Å²) in [5.74, 6) is 0.329. The Kier molecular flexibility index (Phi) is 2.02. The molecule has 0 fully saturated rings. The molecule has 0 aromatic heterocycles. The maximum atomic E-state index is 10.7. The van der Waals surface area contributed by atoms with Crippen molar-refractivity contribution in [2.75, 3.05) is 7.11 Å². The van der Waals surface area contributed by atoms with E-state index in [9.17, 15) is 5.11 Å². The van der Waals surface area contributed by atoms with Crippen LogP contribution in [-0.2, 0) is 5.11 Å². The van der Waals surface area contributed by atoms with E-state index in [-0.39, 0.29) is 5.75 Å². The number of rotatable bonds is 1. The highest BCUT2D eigenvalue weighted by atomic mass is 35.5. The van der Waals surface area contributed by atoms with Crippen molar-refractivity contribution >= 4 is 11.6 Å². The summed E-state index contributed by atoms with van der Waals surface area (Å²) in [4.78, 5) is 0. The molecule has 3 heteroatoms. The van der Waals surface area contributed by atoms with Crippen LogP contribution in [0.5, 0.6) is 11.5 Å². The molecular formula is C7H6ClO2. The van der Waals surface area contributed by atoms with E-state index >= 15 is 0 Å². The Bertz CT molecular complexity index is 235. The van der Waals surface area contributed by atoms with E-state index in [0.29, 0.717) is 10.8 Å². The lowest BCUT2D eigenvalue weighted by molar-refractivity contribution is 0.348. The molecule has 0 bridgehead atoms. The standard InChI is InChI=1S/C7H6ClO2/c1-10-7-4-5(9)2-3-6(7)8/h2-4H,1H3. The normalized spacial score (nSPS) is 9.40. The summed E-state index contributed by atoms with van der Waals surface area (Å²) in [5.41, 5.74) is 0. The van der Waals surface area contributed by atoms with Gasteiger partial charge in [-0.05, 0) is 12.1 Å². The second-order valence-electron chi connectivity index (χ2n) is 1.80. The monoisotopic (exact) mass is 157 g/mol. The third kappa shape index (κ3) is 1.33. The number of ether oxygens (including phenoxy) is 1. The molecule has 0 aliphatic heterocycles. The first-order chi connectivity index (χ1) is 4.74. The number of halogens is 1. The van der Waals surface area contributed by atoms with Gasteiger partial charge in [-0.2, -0.15) is 0 Å². The predicted octanol–water partition coefficient (Wildman–Crippen LogP) is 2.49. The molecule has 1 aromatic rings. The summed E-state index contributed by atoms with van der Waals surface area (Å²) in [6.45, 7) is 0. The van der Waals surface area contributed by atoms with Gasteiger partial charge in [-0.15, -0.1) is 0 Å². The molecule has 0 amide bonds. The molecule has 0 saturated carbocycles. The molecule has 0 atom stereocenters. The molecule has 10 heavy (non-hydrogen) atoms. The summed E-state index contributed by atoms with van der Waals surface area (Å²) < 4.78 is 4.79. The molecule has 0 aliphatic rings. The average molecular weight is 158 g/mol. The Morgan fingerprint density at radius 2 is 2.20 bits per heavy atom. The van der Waals surface area contributed by atoms with Crippen molar-refractivity contribution in [2.45, 2.75) is 0 Å². The van der Waals surface area contributed by atoms with Gasteiger partial charge in [-0.3, -0.25) is 5.11 Å². The Morgan fingerprint density at radius 3 is 2.70 bits per heavy atom. The fourth-order valence-electron chi connectivity index (χ4n) is 0.640. The summed E-state index contributed by atoms with van der Waals surface area (Å²) >= 11 is 5.63. The first kappa shape index (κ1) is 7.22.